The topological polar surface area (TPSA) is 94.6 Å². The Balaban J connectivity index is 1.50. The van der Waals surface area contributed by atoms with Crippen molar-refractivity contribution in [2.75, 3.05) is 5.32 Å². The Morgan fingerprint density at radius 2 is 1.45 bits per heavy atom. The number of ether oxygens (including phenoxy) is 1. The average molecular weight is 403 g/mol. The van der Waals surface area contributed by atoms with Crippen LogP contribution in [0.4, 0.5) is 11.6 Å². The van der Waals surface area contributed by atoms with Gasteiger partial charge in [0.1, 0.15) is 5.75 Å². The van der Waals surface area contributed by atoms with Gasteiger partial charge < -0.3 is 10.1 Å². The Hall–Kier alpha value is -4.68. The second-order valence-electron chi connectivity index (χ2n) is 6.80. The molecule has 0 unspecified atom stereocenters. The summed E-state index contributed by atoms with van der Waals surface area (Å²) in [6.07, 6.45) is 1.62. The van der Waals surface area contributed by atoms with Gasteiger partial charge in [0, 0.05) is 18.0 Å². The Morgan fingerprint density at radius 1 is 0.806 bits per heavy atom. The molecular formula is C25H17N5O. The number of aryl methyl sites for hydroxylation is 1. The number of hydrogen-bond acceptors (Lipinski definition) is 6. The highest BCUT2D eigenvalue weighted by molar-refractivity contribution is 5.66. The lowest BCUT2D eigenvalue weighted by molar-refractivity contribution is 0.459. The molecule has 0 fully saturated rings. The molecule has 3 aromatic carbocycles. The van der Waals surface area contributed by atoms with Crippen molar-refractivity contribution in [3.05, 3.63) is 95.7 Å². The molecule has 6 nitrogen and oxygen atoms in total. The van der Waals surface area contributed by atoms with Gasteiger partial charge in [0.05, 0.1) is 23.3 Å². The summed E-state index contributed by atoms with van der Waals surface area (Å²) in [6.45, 7) is 1.97. The summed E-state index contributed by atoms with van der Waals surface area (Å²) in [5.41, 5.74) is 5.03. The molecule has 0 bridgehead atoms. The van der Waals surface area contributed by atoms with Crippen LogP contribution >= 0.6 is 0 Å². The summed E-state index contributed by atoms with van der Waals surface area (Å²) >= 11 is 0. The van der Waals surface area contributed by atoms with Crippen LogP contribution in [0.25, 0.3) is 11.1 Å². The van der Waals surface area contributed by atoms with E-state index >= 15 is 0 Å². The minimum Gasteiger partial charge on any atom is -0.439 e. The van der Waals surface area contributed by atoms with E-state index in [0.717, 1.165) is 22.4 Å². The molecule has 1 aromatic heterocycles. The molecule has 0 aliphatic carbocycles. The third kappa shape index (κ3) is 4.67. The first kappa shape index (κ1) is 19.6. The molecule has 148 valence electrons. The standard InChI is InChI=1S/C25H17N5O/c1-17-14-21(20-6-2-18(15-26)3-7-20)8-11-23(17)31-24-12-13-28-25(30-24)29-22-9-4-19(16-27)5-10-22/h2-14H,1H3,(H,28,29,30). The van der Waals surface area contributed by atoms with Crippen molar-refractivity contribution < 1.29 is 4.74 Å². The number of anilines is 2. The van der Waals surface area contributed by atoms with Crippen molar-refractivity contribution in [2.45, 2.75) is 6.92 Å². The van der Waals surface area contributed by atoms with Crippen molar-refractivity contribution in [2.24, 2.45) is 0 Å². The fraction of sp³-hybridized carbons (Fsp3) is 0.0400. The zero-order valence-corrected chi connectivity index (χ0v) is 16.7. The molecule has 4 rings (SSSR count). The molecule has 4 aromatic rings. The van der Waals surface area contributed by atoms with Crippen LogP contribution in [0.15, 0.2) is 79.0 Å². The van der Waals surface area contributed by atoms with Crippen LogP contribution < -0.4 is 10.1 Å². The third-order valence-electron chi connectivity index (χ3n) is 4.64. The smallest absolute Gasteiger partial charge is 0.230 e. The van der Waals surface area contributed by atoms with E-state index in [1.807, 2.05) is 37.3 Å². The first-order chi connectivity index (χ1) is 15.1. The van der Waals surface area contributed by atoms with E-state index in [2.05, 4.69) is 27.4 Å². The SMILES string of the molecule is Cc1cc(-c2ccc(C#N)cc2)ccc1Oc1ccnc(Nc2ccc(C#N)cc2)n1. The van der Waals surface area contributed by atoms with Gasteiger partial charge in [-0.1, -0.05) is 18.2 Å². The van der Waals surface area contributed by atoms with Crippen molar-refractivity contribution in [3.8, 4) is 34.9 Å². The largest absolute Gasteiger partial charge is 0.439 e. The zero-order chi connectivity index (χ0) is 21.6. The highest BCUT2D eigenvalue weighted by Gasteiger charge is 2.07. The van der Waals surface area contributed by atoms with E-state index in [-0.39, 0.29) is 0 Å². The lowest BCUT2D eigenvalue weighted by Crippen LogP contribution is -1.98. The van der Waals surface area contributed by atoms with Crippen molar-refractivity contribution in [1.82, 2.24) is 9.97 Å². The zero-order valence-electron chi connectivity index (χ0n) is 16.7. The monoisotopic (exact) mass is 403 g/mol. The minimum atomic E-state index is 0.397. The second-order valence-corrected chi connectivity index (χ2v) is 6.80. The van der Waals surface area contributed by atoms with Crippen LogP contribution in [-0.4, -0.2) is 9.97 Å². The summed E-state index contributed by atoms with van der Waals surface area (Å²) in [5.74, 6) is 1.51. The lowest BCUT2D eigenvalue weighted by Gasteiger charge is -2.11. The van der Waals surface area contributed by atoms with E-state index in [9.17, 15) is 0 Å². The van der Waals surface area contributed by atoms with Gasteiger partial charge in [0.15, 0.2) is 0 Å². The maximum Gasteiger partial charge on any atom is 0.230 e. The van der Waals surface area contributed by atoms with Gasteiger partial charge in [-0.2, -0.15) is 15.5 Å². The summed E-state index contributed by atoms with van der Waals surface area (Å²) in [5, 5.41) is 20.9. The van der Waals surface area contributed by atoms with Gasteiger partial charge in [0.2, 0.25) is 11.8 Å². The molecule has 0 atom stereocenters. The van der Waals surface area contributed by atoms with Crippen LogP contribution in [0.3, 0.4) is 0 Å². The highest BCUT2D eigenvalue weighted by Crippen LogP contribution is 2.29. The van der Waals surface area contributed by atoms with E-state index in [0.29, 0.717) is 28.7 Å². The van der Waals surface area contributed by atoms with Crippen LogP contribution in [0.2, 0.25) is 0 Å². The van der Waals surface area contributed by atoms with Gasteiger partial charge >= 0.3 is 0 Å². The number of nitriles is 2. The quantitative estimate of drug-likeness (QED) is 0.457. The van der Waals surface area contributed by atoms with Crippen LogP contribution in [0, 0.1) is 29.6 Å². The highest BCUT2D eigenvalue weighted by atomic mass is 16.5. The molecule has 1 heterocycles. The molecule has 0 saturated heterocycles. The molecule has 31 heavy (non-hydrogen) atoms. The first-order valence-corrected chi connectivity index (χ1v) is 9.54. The minimum absolute atomic E-state index is 0.397. The van der Waals surface area contributed by atoms with Crippen molar-refractivity contribution in [1.29, 1.82) is 10.5 Å². The molecule has 0 saturated carbocycles. The summed E-state index contributed by atoms with van der Waals surface area (Å²) in [7, 11) is 0. The number of rotatable bonds is 5. The van der Waals surface area contributed by atoms with E-state index in [4.69, 9.17) is 15.3 Å². The fourth-order valence-corrected chi connectivity index (χ4v) is 3.01. The normalized spacial score (nSPS) is 10.0. The van der Waals surface area contributed by atoms with Gasteiger partial charge in [-0.15, -0.1) is 0 Å². The number of nitrogens with one attached hydrogen (secondary N) is 1. The Kier molecular flexibility index (Phi) is 5.55. The van der Waals surface area contributed by atoms with Gasteiger partial charge in [-0.25, -0.2) is 4.98 Å². The maximum absolute atomic E-state index is 8.95. The van der Waals surface area contributed by atoms with Gasteiger partial charge in [-0.3, -0.25) is 0 Å². The third-order valence-corrected chi connectivity index (χ3v) is 4.64. The molecule has 0 radical (unpaired) electrons. The van der Waals surface area contributed by atoms with Gasteiger partial charge in [0.25, 0.3) is 0 Å². The Labute approximate surface area is 180 Å². The molecule has 0 spiro atoms. The molecule has 1 N–H and O–H groups in total. The second kappa shape index (κ2) is 8.77. The summed E-state index contributed by atoms with van der Waals surface area (Å²) in [6, 6.07) is 26.3. The predicted octanol–water partition coefficient (Wildman–Crippen LogP) is 5.73. The number of hydrogen-bond donors (Lipinski definition) is 1. The Bertz CT molecular complexity index is 1300. The van der Waals surface area contributed by atoms with Crippen molar-refractivity contribution in [3.63, 3.8) is 0 Å². The number of benzene rings is 3. The fourth-order valence-electron chi connectivity index (χ4n) is 3.01. The first-order valence-electron chi connectivity index (χ1n) is 9.54. The van der Waals surface area contributed by atoms with Crippen molar-refractivity contribution >= 4 is 11.6 Å². The predicted molar refractivity (Wildman–Crippen MR) is 118 cm³/mol. The van der Waals surface area contributed by atoms with E-state index in [1.54, 1.807) is 48.7 Å². The number of aromatic nitrogens is 2. The molecule has 0 aliphatic rings. The molecule has 6 heteroatoms. The van der Waals surface area contributed by atoms with Gasteiger partial charge in [-0.05, 0) is 72.1 Å². The molecule has 0 amide bonds. The summed E-state index contributed by atoms with van der Waals surface area (Å²) in [4.78, 5) is 8.63. The van der Waals surface area contributed by atoms with Crippen LogP contribution in [0.5, 0.6) is 11.6 Å². The molecule has 0 aliphatic heterocycles. The van der Waals surface area contributed by atoms with E-state index in [1.165, 1.54) is 0 Å². The Morgan fingerprint density at radius 3 is 2.10 bits per heavy atom. The summed E-state index contributed by atoms with van der Waals surface area (Å²) < 4.78 is 5.97. The van der Waals surface area contributed by atoms with E-state index < -0.39 is 0 Å². The van der Waals surface area contributed by atoms with Crippen LogP contribution in [0.1, 0.15) is 16.7 Å². The van der Waals surface area contributed by atoms with Crippen LogP contribution in [-0.2, 0) is 0 Å². The maximum atomic E-state index is 8.95. The average Bonchev–Trinajstić information content (AvgIpc) is 2.81. The lowest BCUT2D eigenvalue weighted by atomic mass is 10.0. The molecular weight excluding hydrogens is 386 g/mol. The number of nitrogens with zero attached hydrogens (tertiary/aromatic N) is 4.